The maximum atomic E-state index is 11.9. The zero-order valence-corrected chi connectivity index (χ0v) is 15.8. The number of nitrogens with one attached hydrogen (secondary N) is 2. The fourth-order valence-corrected chi connectivity index (χ4v) is 2.43. The number of anilines is 2. The molecule has 0 aliphatic heterocycles. The first-order valence-corrected chi connectivity index (χ1v) is 8.90. The molecule has 0 unspecified atom stereocenters. The van der Waals surface area contributed by atoms with E-state index in [2.05, 4.69) is 10.6 Å². The Morgan fingerprint density at radius 1 is 1.00 bits per heavy atom. The molecule has 2 N–H and O–H groups in total. The van der Waals surface area contributed by atoms with Crippen LogP contribution in [0, 0.1) is 17.0 Å². The molecule has 0 spiro atoms. The molecule has 152 valence electrons. The highest BCUT2D eigenvalue weighted by Crippen LogP contribution is 2.17. The van der Waals surface area contributed by atoms with E-state index < -0.39 is 23.4 Å². The third kappa shape index (κ3) is 7.41. The first-order chi connectivity index (χ1) is 13.8. The van der Waals surface area contributed by atoms with E-state index in [0.29, 0.717) is 0 Å². The number of amides is 2. The SMILES string of the molecule is Cc1ccccc1NC(=O)CCCC(=O)OCC(=O)Nc1cccc([N+](=O)[O-])c1. The third-order valence-corrected chi connectivity index (χ3v) is 3.91. The number of nitrogens with zero attached hydrogens (tertiary/aromatic N) is 1. The van der Waals surface area contributed by atoms with Gasteiger partial charge in [0.1, 0.15) is 0 Å². The summed E-state index contributed by atoms with van der Waals surface area (Å²) in [6.45, 7) is 1.36. The van der Waals surface area contributed by atoms with E-state index in [1.165, 1.54) is 24.3 Å². The van der Waals surface area contributed by atoms with Gasteiger partial charge in [-0.25, -0.2) is 0 Å². The standard InChI is InChI=1S/C20H21N3O6/c1-14-6-2-3-9-17(14)22-18(24)10-5-11-20(26)29-13-19(25)21-15-7-4-8-16(12-15)23(27)28/h2-4,6-9,12H,5,10-11,13H2,1H3,(H,21,25)(H,22,24). The normalized spacial score (nSPS) is 10.1. The molecule has 2 amide bonds. The van der Waals surface area contributed by atoms with E-state index in [1.807, 2.05) is 25.1 Å². The number of carbonyl (C=O) groups is 3. The van der Waals surface area contributed by atoms with Gasteiger partial charge in [0.05, 0.1) is 4.92 Å². The minimum atomic E-state index is -0.615. The van der Waals surface area contributed by atoms with Gasteiger partial charge in [-0.2, -0.15) is 0 Å². The smallest absolute Gasteiger partial charge is 0.306 e. The zero-order valence-electron chi connectivity index (χ0n) is 15.8. The second-order valence-electron chi connectivity index (χ2n) is 6.23. The minimum absolute atomic E-state index is 0.00865. The van der Waals surface area contributed by atoms with Gasteiger partial charge in [-0.05, 0) is 31.0 Å². The van der Waals surface area contributed by atoms with Crippen LogP contribution >= 0.6 is 0 Å². The highest BCUT2D eigenvalue weighted by atomic mass is 16.6. The Morgan fingerprint density at radius 2 is 1.76 bits per heavy atom. The molecular formula is C20H21N3O6. The molecule has 0 bridgehead atoms. The van der Waals surface area contributed by atoms with Crippen LogP contribution in [0.15, 0.2) is 48.5 Å². The zero-order chi connectivity index (χ0) is 21.2. The summed E-state index contributed by atoms with van der Waals surface area (Å²) >= 11 is 0. The number of non-ortho nitro benzene ring substituents is 1. The van der Waals surface area contributed by atoms with Gasteiger partial charge in [0.2, 0.25) is 5.91 Å². The molecule has 2 aromatic rings. The predicted molar refractivity (Wildman–Crippen MR) is 106 cm³/mol. The average molecular weight is 399 g/mol. The number of nitro groups is 1. The van der Waals surface area contributed by atoms with Crippen molar-refractivity contribution in [1.29, 1.82) is 0 Å². The second kappa shape index (κ2) is 10.5. The first-order valence-electron chi connectivity index (χ1n) is 8.90. The number of rotatable bonds is 9. The Hall–Kier alpha value is -3.75. The molecule has 9 heteroatoms. The lowest BCUT2D eigenvalue weighted by atomic mass is 10.2. The predicted octanol–water partition coefficient (Wildman–Crippen LogP) is 3.19. The number of hydrogen-bond acceptors (Lipinski definition) is 6. The Balaban J connectivity index is 1.67. The van der Waals surface area contributed by atoms with Crippen LogP contribution in [0.5, 0.6) is 0 Å². The minimum Gasteiger partial charge on any atom is -0.456 e. The number of nitro benzene ring substituents is 1. The molecule has 0 heterocycles. The molecule has 2 rings (SSSR count). The quantitative estimate of drug-likeness (QED) is 0.379. The van der Waals surface area contributed by atoms with Gasteiger partial charge in [0.25, 0.3) is 11.6 Å². The highest BCUT2D eigenvalue weighted by molar-refractivity contribution is 5.93. The molecule has 0 fully saturated rings. The number of ether oxygens (including phenoxy) is 1. The lowest BCUT2D eigenvalue weighted by Gasteiger charge is -2.08. The van der Waals surface area contributed by atoms with Crippen LogP contribution in [0.4, 0.5) is 17.1 Å². The number of hydrogen-bond donors (Lipinski definition) is 2. The summed E-state index contributed by atoms with van der Waals surface area (Å²) in [6.07, 6.45) is 0.414. The van der Waals surface area contributed by atoms with Crippen LogP contribution in [0.25, 0.3) is 0 Å². The summed E-state index contributed by atoms with van der Waals surface area (Å²) in [6, 6.07) is 12.8. The molecule has 0 aromatic heterocycles. The van der Waals surface area contributed by atoms with Crippen LogP contribution in [-0.4, -0.2) is 29.3 Å². The fourth-order valence-electron chi connectivity index (χ4n) is 2.43. The van der Waals surface area contributed by atoms with Gasteiger partial charge >= 0.3 is 5.97 Å². The monoisotopic (exact) mass is 399 g/mol. The number of carbonyl (C=O) groups excluding carboxylic acids is 3. The lowest BCUT2D eigenvalue weighted by molar-refractivity contribution is -0.384. The second-order valence-corrected chi connectivity index (χ2v) is 6.23. The van der Waals surface area contributed by atoms with Crippen molar-refractivity contribution >= 4 is 34.8 Å². The van der Waals surface area contributed by atoms with Crippen molar-refractivity contribution in [3.05, 3.63) is 64.2 Å². The summed E-state index contributed by atoms with van der Waals surface area (Å²) in [7, 11) is 0. The molecule has 0 saturated carbocycles. The summed E-state index contributed by atoms with van der Waals surface area (Å²) in [5.74, 6) is -1.44. The molecule has 29 heavy (non-hydrogen) atoms. The van der Waals surface area contributed by atoms with Crippen molar-refractivity contribution in [3.63, 3.8) is 0 Å². The van der Waals surface area contributed by atoms with Crippen molar-refractivity contribution in [1.82, 2.24) is 0 Å². The van der Waals surface area contributed by atoms with Crippen molar-refractivity contribution in [2.24, 2.45) is 0 Å². The molecule has 0 atom stereocenters. The third-order valence-electron chi connectivity index (χ3n) is 3.91. The van der Waals surface area contributed by atoms with E-state index in [0.717, 1.165) is 11.3 Å². The number of aryl methyl sites for hydroxylation is 1. The molecule has 0 aliphatic rings. The molecule has 0 radical (unpaired) electrons. The Kier molecular flexibility index (Phi) is 7.84. The van der Waals surface area contributed by atoms with Gasteiger partial charge < -0.3 is 15.4 Å². The van der Waals surface area contributed by atoms with Gasteiger partial charge in [-0.1, -0.05) is 24.3 Å². The van der Waals surface area contributed by atoms with Crippen molar-refractivity contribution < 1.29 is 24.0 Å². The van der Waals surface area contributed by atoms with Crippen LogP contribution in [0.1, 0.15) is 24.8 Å². The van der Waals surface area contributed by atoms with Crippen molar-refractivity contribution in [3.8, 4) is 0 Å². The first kappa shape index (κ1) is 21.5. The topological polar surface area (TPSA) is 128 Å². The van der Waals surface area contributed by atoms with Crippen LogP contribution in [0.2, 0.25) is 0 Å². The number of para-hydroxylation sites is 1. The molecule has 0 aliphatic carbocycles. The highest BCUT2D eigenvalue weighted by Gasteiger charge is 2.11. The van der Waals surface area contributed by atoms with Crippen molar-refractivity contribution in [2.45, 2.75) is 26.2 Å². The molecule has 9 nitrogen and oxygen atoms in total. The molecular weight excluding hydrogens is 378 g/mol. The van der Waals surface area contributed by atoms with Crippen LogP contribution in [-0.2, 0) is 19.1 Å². The average Bonchev–Trinajstić information content (AvgIpc) is 2.68. The molecule has 0 saturated heterocycles. The Morgan fingerprint density at radius 3 is 2.48 bits per heavy atom. The maximum Gasteiger partial charge on any atom is 0.306 e. The van der Waals surface area contributed by atoms with E-state index in [4.69, 9.17) is 4.74 Å². The summed E-state index contributed by atoms with van der Waals surface area (Å²) in [5, 5.41) is 15.9. The largest absolute Gasteiger partial charge is 0.456 e. The van der Waals surface area contributed by atoms with Gasteiger partial charge in [-0.3, -0.25) is 24.5 Å². The van der Waals surface area contributed by atoms with E-state index in [-0.39, 0.29) is 36.5 Å². The Bertz CT molecular complexity index is 913. The Labute approximate surface area is 167 Å². The summed E-state index contributed by atoms with van der Waals surface area (Å²) < 4.78 is 4.86. The van der Waals surface area contributed by atoms with Crippen molar-refractivity contribution in [2.75, 3.05) is 17.2 Å². The lowest BCUT2D eigenvalue weighted by Crippen LogP contribution is -2.21. The van der Waals surface area contributed by atoms with E-state index in [1.54, 1.807) is 6.07 Å². The maximum absolute atomic E-state index is 11.9. The van der Waals surface area contributed by atoms with E-state index >= 15 is 0 Å². The molecule has 2 aromatic carbocycles. The van der Waals surface area contributed by atoms with Crippen LogP contribution < -0.4 is 10.6 Å². The fraction of sp³-hybridized carbons (Fsp3) is 0.250. The van der Waals surface area contributed by atoms with Gasteiger partial charge in [0, 0.05) is 36.3 Å². The summed E-state index contributed by atoms with van der Waals surface area (Å²) in [4.78, 5) is 45.6. The van der Waals surface area contributed by atoms with Gasteiger partial charge in [-0.15, -0.1) is 0 Å². The number of esters is 1. The van der Waals surface area contributed by atoms with E-state index in [9.17, 15) is 24.5 Å². The van der Waals surface area contributed by atoms with Gasteiger partial charge in [0.15, 0.2) is 6.61 Å². The van der Waals surface area contributed by atoms with Crippen LogP contribution in [0.3, 0.4) is 0 Å². The number of benzene rings is 2. The summed E-state index contributed by atoms with van der Waals surface area (Å²) in [5.41, 5.74) is 1.73.